The van der Waals surface area contributed by atoms with Gasteiger partial charge in [-0.15, -0.1) is 0 Å². The van der Waals surface area contributed by atoms with Crippen LogP contribution >= 0.6 is 0 Å². The Hall–Kier alpha value is -3.27. The molecule has 0 bridgehead atoms. The minimum atomic E-state index is -0.282. The number of carbonyl (C=O) groups is 1. The van der Waals surface area contributed by atoms with Gasteiger partial charge in [-0.05, 0) is 54.4 Å². The van der Waals surface area contributed by atoms with Gasteiger partial charge in [0, 0.05) is 5.56 Å². The molecule has 0 aliphatic rings. The zero-order chi connectivity index (χ0) is 19.2. The Kier molecular flexibility index (Phi) is 5.77. The van der Waals surface area contributed by atoms with Crippen LogP contribution in [-0.4, -0.2) is 20.1 Å². The first kappa shape index (κ1) is 18.5. The highest BCUT2D eigenvalue weighted by molar-refractivity contribution is 5.94. The van der Waals surface area contributed by atoms with Crippen LogP contribution in [0.4, 0.5) is 0 Å². The van der Waals surface area contributed by atoms with Gasteiger partial charge in [-0.25, -0.2) is 0 Å². The number of hydrogen-bond acceptors (Lipinski definition) is 3. The quantitative estimate of drug-likeness (QED) is 0.702. The number of rotatable bonds is 6. The van der Waals surface area contributed by atoms with E-state index >= 15 is 0 Å². The largest absolute Gasteiger partial charge is 0.497 e. The van der Waals surface area contributed by atoms with Crippen LogP contribution in [0, 0.1) is 6.92 Å². The second kappa shape index (κ2) is 8.41. The highest BCUT2D eigenvalue weighted by Crippen LogP contribution is 2.26. The minimum Gasteiger partial charge on any atom is -0.497 e. The molecule has 0 fully saturated rings. The van der Waals surface area contributed by atoms with Crippen LogP contribution in [0.3, 0.4) is 0 Å². The van der Waals surface area contributed by atoms with E-state index in [-0.39, 0.29) is 11.9 Å². The van der Waals surface area contributed by atoms with E-state index in [0.717, 1.165) is 28.2 Å². The van der Waals surface area contributed by atoms with E-state index in [0.29, 0.717) is 5.56 Å². The van der Waals surface area contributed by atoms with Crippen molar-refractivity contribution >= 4 is 5.91 Å². The number of carbonyl (C=O) groups excluding carboxylic acids is 1. The molecule has 3 aromatic rings. The third kappa shape index (κ3) is 4.47. The molecule has 0 aliphatic heterocycles. The van der Waals surface area contributed by atoms with E-state index in [2.05, 4.69) is 5.32 Å². The van der Waals surface area contributed by atoms with Crippen molar-refractivity contribution in [2.24, 2.45) is 0 Å². The fourth-order valence-electron chi connectivity index (χ4n) is 2.87. The van der Waals surface area contributed by atoms with Crippen molar-refractivity contribution in [3.8, 4) is 11.5 Å². The highest BCUT2D eigenvalue weighted by atomic mass is 16.5. The molecule has 4 nitrogen and oxygen atoms in total. The van der Waals surface area contributed by atoms with Crippen molar-refractivity contribution in [2.45, 2.75) is 13.0 Å². The summed E-state index contributed by atoms with van der Waals surface area (Å²) in [7, 11) is 3.27. The number of nitrogens with one attached hydrogen (secondary N) is 1. The molecule has 3 rings (SSSR count). The van der Waals surface area contributed by atoms with Crippen molar-refractivity contribution in [1.29, 1.82) is 0 Å². The first-order valence-electron chi connectivity index (χ1n) is 8.76. The number of methoxy groups -OCH3 is 2. The third-order valence-corrected chi connectivity index (χ3v) is 4.49. The monoisotopic (exact) mass is 361 g/mol. The molecular formula is C23H23NO3. The number of amides is 1. The molecule has 0 atom stereocenters. The van der Waals surface area contributed by atoms with E-state index < -0.39 is 0 Å². The van der Waals surface area contributed by atoms with Crippen LogP contribution in [0.25, 0.3) is 0 Å². The van der Waals surface area contributed by atoms with E-state index in [1.54, 1.807) is 14.2 Å². The maximum Gasteiger partial charge on any atom is 0.252 e. The van der Waals surface area contributed by atoms with Gasteiger partial charge in [-0.1, -0.05) is 42.0 Å². The summed E-state index contributed by atoms with van der Waals surface area (Å²) < 4.78 is 10.5. The fourth-order valence-corrected chi connectivity index (χ4v) is 2.87. The van der Waals surface area contributed by atoms with Gasteiger partial charge in [0.25, 0.3) is 5.91 Å². The predicted octanol–water partition coefficient (Wildman–Crippen LogP) is 4.53. The molecule has 0 aromatic heterocycles. The summed E-state index contributed by atoms with van der Waals surface area (Å²) >= 11 is 0. The van der Waals surface area contributed by atoms with Crippen molar-refractivity contribution in [2.75, 3.05) is 14.2 Å². The van der Waals surface area contributed by atoms with Crippen molar-refractivity contribution in [3.63, 3.8) is 0 Å². The lowest BCUT2D eigenvalue weighted by atomic mass is 9.98. The molecule has 0 unspecified atom stereocenters. The Bertz CT molecular complexity index is 837. The third-order valence-electron chi connectivity index (χ3n) is 4.49. The van der Waals surface area contributed by atoms with Gasteiger partial charge in [-0.3, -0.25) is 4.79 Å². The van der Waals surface area contributed by atoms with Gasteiger partial charge in [-0.2, -0.15) is 0 Å². The van der Waals surface area contributed by atoms with Gasteiger partial charge < -0.3 is 14.8 Å². The second-order valence-corrected chi connectivity index (χ2v) is 6.32. The summed E-state index contributed by atoms with van der Waals surface area (Å²) in [6, 6.07) is 22.7. The van der Waals surface area contributed by atoms with E-state index in [4.69, 9.17) is 9.47 Å². The second-order valence-electron chi connectivity index (χ2n) is 6.32. The molecule has 138 valence electrons. The topological polar surface area (TPSA) is 47.6 Å². The molecular weight excluding hydrogens is 338 g/mol. The van der Waals surface area contributed by atoms with Crippen molar-refractivity contribution in [1.82, 2.24) is 5.32 Å². The number of aryl methyl sites for hydroxylation is 1. The van der Waals surface area contributed by atoms with Crippen LogP contribution in [0.5, 0.6) is 11.5 Å². The fraction of sp³-hybridized carbons (Fsp3) is 0.174. The van der Waals surface area contributed by atoms with E-state index in [9.17, 15) is 4.79 Å². The molecule has 0 saturated heterocycles. The Balaban J connectivity index is 1.92. The van der Waals surface area contributed by atoms with Crippen molar-refractivity contribution < 1.29 is 14.3 Å². The molecule has 1 N–H and O–H groups in total. The average Bonchev–Trinajstić information content (AvgIpc) is 2.72. The molecule has 27 heavy (non-hydrogen) atoms. The summed E-state index contributed by atoms with van der Waals surface area (Å²) in [4.78, 5) is 12.8. The normalized spacial score (nSPS) is 10.5. The zero-order valence-corrected chi connectivity index (χ0v) is 15.7. The Morgan fingerprint density at radius 3 is 1.59 bits per heavy atom. The zero-order valence-electron chi connectivity index (χ0n) is 15.7. The molecule has 0 radical (unpaired) electrons. The summed E-state index contributed by atoms with van der Waals surface area (Å²) in [6.45, 7) is 2.00. The summed E-state index contributed by atoms with van der Waals surface area (Å²) in [5, 5.41) is 3.14. The van der Waals surface area contributed by atoms with E-state index in [1.807, 2.05) is 79.7 Å². The van der Waals surface area contributed by atoms with Gasteiger partial charge >= 0.3 is 0 Å². The average molecular weight is 361 g/mol. The maximum atomic E-state index is 12.8. The van der Waals surface area contributed by atoms with E-state index in [1.165, 1.54) is 0 Å². The molecule has 0 saturated carbocycles. The predicted molar refractivity (Wildman–Crippen MR) is 106 cm³/mol. The summed E-state index contributed by atoms with van der Waals surface area (Å²) in [6.07, 6.45) is 0. The summed E-state index contributed by atoms with van der Waals surface area (Å²) in [5.41, 5.74) is 3.70. The molecule has 0 heterocycles. The molecule has 0 aliphatic carbocycles. The van der Waals surface area contributed by atoms with Gasteiger partial charge in [0.05, 0.1) is 20.3 Å². The lowest BCUT2D eigenvalue weighted by Crippen LogP contribution is -2.29. The van der Waals surface area contributed by atoms with Crippen molar-refractivity contribution in [3.05, 3.63) is 95.1 Å². The van der Waals surface area contributed by atoms with Crippen LogP contribution in [-0.2, 0) is 0 Å². The van der Waals surface area contributed by atoms with Gasteiger partial charge in [0.2, 0.25) is 0 Å². The van der Waals surface area contributed by atoms with Crippen LogP contribution in [0.1, 0.15) is 33.1 Å². The standard InChI is InChI=1S/C23H23NO3/c1-16-4-6-19(7-5-16)23(25)24-22(17-8-12-20(26-2)13-9-17)18-10-14-21(27-3)15-11-18/h4-15,22H,1-3H3,(H,24,25). The van der Waals surface area contributed by atoms with Crippen LogP contribution in [0.2, 0.25) is 0 Å². The lowest BCUT2D eigenvalue weighted by Gasteiger charge is -2.20. The molecule has 3 aromatic carbocycles. The van der Waals surface area contributed by atoms with Gasteiger partial charge in [0.1, 0.15) is 11.5 Å². The Labute approximate surface area is 159 Å². The smallest absolute Gasteiger partial charge is 0.252 e. The number of hydrogen-bond donors (Lipinski definition) is 1. The first-order chi connectivity index (χ1) is 13.1. The minimum absolute atomic E-state index is 0.119. The number of ether oxygens (including phenoxy) is 2. The number of benzene rings is 3. The SMILES string of the molecule is COc1ccc(C(NC(=O)c2ccc(C)cc2)c2ccc(OC)cc2)cc1. The Morgan fingerprint density at radius 2 is 1.19 bits per heavy atom. The van der Waals surface area contributed by atoms with Crippen LogP contribution in [0.15, 0.2) is 72.8 Å². The first-order valence-corrected chi connectivity index (χ1v) is 8.76. The lowest BCUT2D eigenvalue weighted by molar-refractivity contribution is 0.0943. The molecule has 0 spiro atoms. The molecule has 1 amide bonds. The van der Waals surface area contributed by atoms with Gasteiger partial charge in [0.15, 0.2) is 0 Å². The van der Waals surface area contributed by atoms with Crippen LogP contribution < -0.4 is 14.8 Å². The highest BCUT2D eigenvalue weighted by Gasteiger charge is 2.18. The molecule has 4 heteroatoms. The summed E-state index contributed by atoms with van der Waals surface area (Å²) in [5.74, 6) is 1.43. The maximum absolute atomic E-state index is 12.8. The Morgan fingerprint density at radius 1 is 0.741 bits per heavy atom.